The Morgan fingerprint density at radius 3 is 2.24 bits per heavy atom. The van der Waals surface area contributed by atoms with Gasteiger partial charge in [-0.25, -0.2) is 4.99 Å². The third-order valence-electron chi connectivity index (χ3n) is 6.50. The van der Waals surface area contributed by atoms with Gasteiger partial charge in [0.2, 0.25) is 5.91 Å². The van der Waals surface area contributed by atoms with Gasteiger partial charge in [0.1, 0.15) is 5.84 Å². The molecule has 4 rings (SSSR count). The Balaban J connectivity index is 1.64. The molecule has 2 aromatic carbocycles. The molecule has 1 unspecified atom stereocenters. The molecule has 1 N–H and O–H groups in total. The topological polar surface area (TPSA) is 61.8 Å². The maximum Gasteiger partial charge on any atom is 0.442 e. The fourth-order valence-electron chi connectivity index (χ4n) is 4.64. The molecule has 0 radical (unpaired) electrons. The summed E-state index contributed by atoms with van der Waals surface area (Å²) in [6.07, 6.45) is -0.466. The first-order valence-electron chi connectivity index (χ1n) is 11.7. The van der Waals surface area contributed by atoms with Gasteiger partial charge < -0.3 is 5.32 Å². The summed E-state index contributed by atoms with van der Waals surface area (Å²) in [5.74, 6) is -2.62. The zero-order valence-corrected chi connectivity index (χ0v) is 18.9. The number of amidine groups is 1. The number of hydrogen-bond donors (Lipinski definition) is 1. The first kappa shape index (κ1) is 24.0. The van der Waals surface area contributed by atoms with Crippen LogP contribution in [-0.4, -0.2) is 40.9 Å². The van der Waals surface area contributed by atoms with Crippen molar-refractivity contribution in [2.24, 2.45) is 10.9 Å². The quantitative estimate of drug-likeness (QED) is 0.627. The number of alkyl halides is 3. The van der Waals surface area contributed by atoms with Gasteiger partial charge in [-0.05, 0) is 31.2 Å². The van der Waals surface area contributed by atoms with Crippen molar-refractivity contribution in [2.75, 3.05) is 6.54 Å². The van der Waals surface area contributed by atoms with E-state index in [2.05, 4.69) is 4.99 Å². The van der Waals surface area contributed by atoms with E-state index < -0.39 is 29.6 Å². The van der Waals surface area contributed by atoms with Crippen molar-refractivity contribution in [3.63, 3.8) is 0 Å². The molecule has 34 heavy (non-hydrogen) atoms. The number of rotatable bonds is 7. The average molecular weight is 472 g/mol. The fourth-order valence-corrected chi connectivity index (χ4v) is 4.64. The molecule has 1 aliphatic heterocycles. The number of aliphatic imine (C=N–C) groups is 1. The molecule has 1 fully saturated rings. The Morgan fingerprint density at radius 2 is 1.62 bits per heavy atom. The van der Waals surface area contributed by atoms with E-state index in [1.54, 1.807) is 30.3 Å². The second-order valence-corrected chi connectivity index (χ2v) is 8.88. The number of carbonyl (C=O) groups excluding carboxylic acids is 2. The van der Waals surface area contributed by atoms with E-state index in [1.807, 2.05) is 35.6 Å². The van der Waals surface area contributed by atoms with Crippen molar-refractivity contribution in [1.82, 2.24) is 10.2 Å². The van der Waals surface area contributed by atoms with Gasteiger partial charge in [0.05, 0.1) is 0 Å². The summed E-state index contributed by atoms with van der Waals surface area (Å²) >= 11 is 0. The molecule has 8 heteroatoms. The maximum atomic E-state index is 14.5. The highest BCUT2D eigenvalue weighted by Gasteiger charge is 2.67. The molecule has 1 aliphatic carbocycles. The van der Waals surface area contributed by atoms with Crippen molar-refractivity contribution in [2.45, 2.75) is 56.8 Å². The predicted octanol–water partition coefficient (Wildman–Crippen LogP) is 4.86. The van der Waals surface area contributed by atoms with Crippen LogP contribution in [0.3, 0.4) is 0 Å². The molecule has 0 spiro atoms. The first-order valence-corrected chi connectivity index (χ1v) is 11.7. The van der Waals surface area contributed by atoms with Crippen LogP contribution in [0.5, 0.6) is 0 Å². The molecule has 180 valence electrons. The summed E-state index contributed by atoms with van der Waals surface area (Å²) in [7, 11) is 0. The van der Waals surface area contributed by atoms with Crippen molar-refractivity contribution in [3.05, 3.63) is 71.8 Å². The van der Waals surface area contributed by atoms with Crippen molar-refractivity contribution >= 4 is 17.6 Å². The zero-order valence-electron chi connectivity index (χ0n) is 18.9. The Hall–Kier alpha value is -3.16. The van der Waals surface area contributed by atoms with E-state index in [-0.39, 0.29) is 12.4 Å². The highest BCUT2D eigenvalue weighted by Crippen LogP contribution is 2.39. The largest absolute Gasteiger partial charge is 0.442 e. The number of hydrogen-bond acceptors (Lipinski definition) is 3. The summed E-state index contributed by atoms with van der Waals surface area (Å²) < 4.78 is 43.4. The SMILES string of the molecule is O=C(NC1(C(F)(F)F)N=C(c2ccccc2)N(CCCc2ccccc2)C1=O)C1CCCCC1. The van der Waals surface area contributed by atoms with E-state index in [0.717, 1.165) is 29.7 Å². The third-order valence-corrected chi connectivity index (χ3v) is 6.50. The van der Waals surface area contributed by atoms with Crippen molar-refractivity contribution < 1.29 is 22.8 Å². The molecule has 2 aliphatic rings. The monoisotopic (exact) mass is 471 g/mol. The minimum absolute atomic E-state index is 0.0542. The number of nitrogens with zero attached hydrogens (tertiary/aromatic N) is 2. The van der Waals surface area contributed by atoms with E-state index in [4.69, 9.17) is 0 Å². The summed E-state index contributed by atoms with van der Waals surface area (Å²) in [5.41, 5.74) is -1.88. The molecule has 0 aromatic heterocycles. The summed E-state index contributed by atoms with van der Waals surface area (Å²) in [4.78, 5) is 31.2. The number of nitrogens with one attached hydrogen (secondary N) is 1. The normalized spacial score (nSPS) is 21.4. The Morgan fingerprint density at radius 1 is 1.00 bits per heavy atom. The average Bonchev–Trinajstić information content (AvgIpc) is 3.13. The van der Waals surface area contributed by atoms with Crippen LogP contribution in [0, 0.1) is 5.92 Å². The lowest BCUT2D eigenvalue weighted by atomic mass is 9.88. The lowest BCUT2D eigenvalue weighted by molar-refractivity contribution is -0.200. The van der Waals surface area contributed by atoms with Gasteiger partial charge in [0, 0.05) is 18.0 Å². The molecule has 2 amide bonds. The number of carbonyl (C=O) groups is 2. The predicted molar refractivity (Wildman–Crippen MR) is 123 cm³/mol. The lowest BCUT2D eigenvalue weighted by Gasteiger charge is -2.31. The molecule has 0 saturated heterocycles. The molecule has 1 atom stereocenters. The van der Waals surface area contributed by atoms with Crippen LogP contribution < -0.4 is 5.32 Å². The lowest BCUT2D eigenvalue weighted by Crippen LogP contribution is -2.64. The molecule has 5 nitrogen and oxygen atoms in total. The molecular weight excluding hydrogens is 443 g/mol. The minimum atomic E-state index is -5.08. The van der Waals surface area contributed by atoms with Gasteiger partial charge in [-0.1, -0.05) is 79.9 Å². The van der Waals surface area contributed by atoms with Gasteiger partial charge in [-0.3, -0.25) is 14.5 Å². The molecule has 1 saturated carbocycles. The maximum absolute atomic E-state index is 14.5. The van der Waals surface area contributed by atoms with E-state index >= 15 is 0 Å². The second-order valence-electron chi connectivity index (χ2n) is 8.88. The van der Waals surface area contributed by atoms with Crippen molar-refractivity contribution in [3.8, 4) is 0 Å². The van der Waals surface area contributed by atoms with E-state index in [0.29, 0.717) is 31.2 Å². The van der Waals surface area contributed by atoms with E-state index in [9.17, 15) is 22.8 Å². The molecule has 2 aromatic rings. The minimum Gasteiger partial charge on any atom is -0.316 e. The summed E-state index contributed by atoms with van der Waals surface area (Å²) in [6.45, 7) is 0.0542. The number of benzene rings is 2. The number of aryl methyl sites for hydroxylation is 1. The Kier molecular flexibility index (Phi) is 7.05. The number of amides is 2. The van der Waals surface area contributed by atoms with Gasteiger partial charge >= 0.3 is 11.8 Å². The zero-order chi connectivity index (χ0) is 24.2. The van der Waals surface area contributed by atoms with Crippen LogP contribution in [0.15, 0.2) is 65.7 Å². The Bertz CT molecular complexity index is 1030. The standard InChI is InChI=1S/C26H28F3N3O2/c27-26(28,29)25(31-23(33)21-16-8-3-9-17-21)24(34)32(18-10-13-19-11-4-1-5-12-19)22(30-25)20-14-6-2-7-15-20/h1-2,4-7,11-12,14-15,21H,3,8-10,13,16-18H2,(H,31,33). The van der Waals surface area contributed by atoms with Crippen LogP contribution in [0.2, 0.25) is 0 Å². The smallest absolute Gasteiger partial charge is 0.316 e. The molecule has 1 heterocycles. The second kappa shape index (κ2) is 9.99. The first-order chi connectivity index (χ1) is 16.3. The third kappa shape index (κ3) is 4.86. The van der Waals surface area contributed by atoms with Crippen LogP contribution >= 0.6 is 0 Å². The Labute approximate surface area is 197 Å². The van der Waals surface area contributed by atoms with Gasteiger partial charge in [-0.15, -0.1) is 0 Å². The van der Waals surface area contributed by atoms with Crippen LogP contribution in [0.25, 0.3) is 0 Å². The number of halogens is 3. The highest BCUT2D eigenvalue weighted by atomic mass is 19.4. The molecule has 0 bridgehead atoms. The summed E-state index contributed by atoms with van der Waals surface area (Å²) in [6, 6.07) is 17.9. The van der Waals surface area contributed by atoms with Gasteiger partial charge in [0.25, 0.3) is 5.91 Å². The van der Waals surface area contributed by atoms with Crippen molar-refractivity contribution in [1.29, 1.82) is 0 Å². The van der Waals surface area contributed by atoms with Crippen LogP contribution in [0.1, 0.15) is 49.7 Å². The van der Waals surface area contributed by atoms with E-state index in [1.165, 1.54) is 0 Å². The molecular formula is C26H28F3N3O2. The summed E-state index contributed by atoms with van der Waals surface area (Å²) in [5, 5.41) is 2.05. The van der Waals surface area contributed by atoms with Gasteiger partial charge in [-0.2, -0.15) is 13.2 Å². The fraction of sp³-hybridized carbons (Fsp3) is 0.423. The van der Waals surface area contributed by atoms with Gasteiger partial charge in [0.15, 0.2) is 0 Å². The van der Waals surface area contributed by atoms with Crippen LogP contribution in [-0.2, 0) is 16.0 Å². The van der Waals surface area contributed by atoms with Crippen LogP contribution in [0.4, 0.5) is 13.2 Å². The highest BCUT2D eigenvalue weighted by molar-refractivity contribution is 6.16.